The molecule has 6 nitrogen and oxygen atoms in total. The number of nitrogens with two attached hydrogens (primary N) is 1. The first-order valence-corrected chi connectivity index (χ1v) is 8.81. The molecule has 0 unspecified atom stereocenters. The van der Waals surface area contributed by atoms with Crippen molar-refractivity contribution in [3.05, 3.63) is 72.0 Å². The Balaban J connectivity index is 1.57. The lowest BCUT2D eigenvalue weighted by Gasteiger charge is -2.11. The maximum atomic E-state index is 13.9. The van der Waals surface area contributed by atoms with E-state index in [0.29, 0.717) is 40.6 Å². The van der Waals surface area contributed by atoms with Crippen molar-refractivity contribution in [3.8, 4) is 28.6 Å². The Hall–Kier alpha value is -4.08. The van der Waals surface area contributed by atoms with Gasteiger partial charge in [0.25, 0.3) is 0 Å². The number of rotatable bonds is 4. The molecule has 0 atom stereocenters. The van der Waals surface area contributed by atoms with Crippen molar-refractivity contribution in [2.45, 2.75) is 6.18 Å². The molecule has 31 heavy (non-hydrogen) atoms. The molecule has 1 aromatic heterocycles. The van der Waals surface area contributed by atoms with Gasteiger partial charge in [0.1, 0.15) is 17.3 Å². The predicted octanol–water partition coefficient (Wildman–Crippen LogP) is 5.64. The maximum absolute atomic E-state index is 13.9. The van der Waals surface area contributed by atoms with E-state index < -0.39 is 29.4 Å². The molecule has 3 aromatic carbocycles. The molecule has 3 N–H and O–H groups in total. The summed E-state index contributed by atoms with van der Waals surface area (Å²) in [4.78, 5) is 18.3. The highest BCUT2D eigenvalue weighted by Crippen LogP contribution is 2.34. The van der Waals surface area contributed by atoms with E-state index in [0.717, 1.165) is 0 Å². The molecule has 0 fully saturated rings. The van der Waals surface area contributed by atoms with Crippen LogP contribution >= 0.6 is 0 Å². The largest absolute Gasteiger partial charge is 0.454 e. The molecule has 158 valence electrons. The van der Waals surface area contributed by atoms with E-state index in [-0.39, 0.29) is 11.5 Å². The Morgan fingerprint density at radius 3 is 2.35 bits per heavy atom. The highest BCUT2D eigenvalue weighted by molar-refractivity contribution is 5.81. The van der Waals surface area contributed by atoms with Crippen molar-refractivity contribution in [1.82, 2.24) is 9.97 Å². The zero-order valence-electron chi connectivity index (χ0n) is 15.5. The van der Waals surface area contributed by atoms with Gasteiger partial charge in [0.05, 0.1) is 16.6 Å². The highest BCUT2D eigenvalue weighted by atomic mass is 19.4. The van der Waals surface area contributed by atoms with E-state index in [9.17, 15) is 22.4 Å². The minimum atomic E-state index is -4.61. The summed E-state index contributed by atoms with van der Waals surface area (Å²) in [5, 5.41) is 0. The summed E-state index contributed by atoms with van der Waals surface area (Å²) >= 11 is 0. The maximum Gasteiger partial charge on any atom is 0.416 e. The fourth-order valence-electron chi connectivity index (χ4n) is 2.87. The van der Waals surface area contributed by atoms with Gasteiger partial charge in [-0.05, 0) is 54.6 Å². The second-order valence-corrected chi connectivity index (χ2v) is 6.45. The summed E-state index contributed by atoms with van der Waals surface area (Å²) in [5.74, 6) is -0.558. The number of H-pyrrole nitrogens is 1. The van der Waals surface area contributed by atoms with E-state index >= 15 is 0 Å². The lowest BCUT2D eigenvalue weighted by Crippen LogP contribution is -2.16. The smallest absolute Gasteiger partial charge is 0.416 e. The molecule has 4 rings (SSSR count). The summed E-state index contributed by atoms with van der Waals surface area (Å²) < 4.78 is 62.5. The Morgan fingerprint density at radius 2 is 1.68 bits per heavy atom. The number of imidazole rings is 1. The average molecular weight is 431 g/mol. The van der Waals surface area contributed by atoms with Crippen LogP contribution in [-0.4, -0.2) is 16.1 Å². The number of carbonyl (C=O) groups excluding carboxylic acids is 1. The Labute approximate surface area is 172 Å². The van der Waals surface area contributed by atoms with Crippen molar-refractivity contribution in [3.63, 3.8) is 0 Å². The van der Waals surface area contributed by atoms with Crippen molar-refractivity contribution in [1.29, 1.82) is 0 Å². The molecule has 0 aliphatic heterocycles. The average Bonchev–Trinajstić information content (AvgIpc) is 3.12. The first kappa shape index (κ1) is 20.2. The lowest BCUT2D eigenvalue weighted by atomic mass is 10.2. The number of ether oxygens (including phenoxy) is 2. The van der Waals surface area contributed by atoms with E-state index in [1.165, 1.54) is 18.2 Å². The second-order valence-electron chi connectivity index (χ2n) is 6.45. The van der Waals surface area contributed by atoms with Gasteiger partial charge in [-0.25, -0.2) is 14.2 Å². The number of hydrogen-bond acceptors (Lipinski definition) is 4. The van der Waals surface area contributed by atoms with E-state index in [2.05, 4.69) is 9.97 Å². The van der Waals surface area contributed by atoms with Gasteiger partial charge in [-0.15, -0.1) is 0 Å². The van der Waals surface area contributed by atoms with Crippen molar-refractivity contribution < 1.29 is 31.8 Å². The first-order valence-electron chi connectivity index (χ1n) is 8.81. The van der Waals surface area contributed by atoms with E-state index in [4.69, 9.17) is 15.2 Å². The van der Waals surface area contributed by atoms with Crippen LogP contribution in [0, 0.1) is 5.82 Å². The summed E-state index contributed by atoms with van der Waals surface area (Å²) in [6, 6.07) is 12.9. The van der Waals surface area contributed by atoms with Gasteiger partial charge in [-0.2, -0.15) is 13.2 Å². The molecule has 0 aliphatic carbocycles. The molecule has 1 heterocycles. The third-order valence-corrected chi connectivity index (χ3v) is 4.29. The highest BCUT2D eigenvalue weighted by Gasteiger charge is 2.31. The number of fused-ring (bicyclic) bond motifs is 1. The van der Waals surface area contributed by atoms with E-state index in [1.807, 2.05) is 0 Å². The summed E-state index contributed by atoms with van der Waals surface area (Å²) in [7, 11) is 0. The summed E-state index contributed by atoms with van der Waals surface area (Å²) in [6.45, 7) is 0. The van der Waals surface area contributed by atoms with Crippen LogP contribution in [-0.2, 0) is 6.18 Å². The molecule has 4 aromatic rings. The summed E-state index contributed by atoms with van der Waals surface area (Å²) in [5.41, 5.74) is 5.83. The standard InChI is InChI=1S/C21H13F4N3O3/c22-15-7-3-12(21(23,24)25)9-18(15)30-13-4-1-11(2-5-13)19-27-16-8-6-14(31-20(26)29)10-17(16)28-19/h1-10H,(H2,26,29)(H,27,28). The molecule has 0 spiro atoms. The molecular formula is C21H13F4N3O3. The number of nitrogens with zero attached hydrogens (tertiary/aromatic N) is 1. The first-order chi connectivity index (χ1) is 14.7. The molecule has 10 heteroatoms. The Morgan fingerprint density at radius 1 is 0.968 bits per heavy atom. The van der Waals surface area contributed by atoms with Gasteiger partial charge < -0.3 is 20.2 Å². The minimum absolute atomic E-state index is 0.148. The number of alkyl halides is 3. The van der Waals surface area contributed by atoms with Crippen LogP contribution in [0.5, 0.6) is 17.2 Å². The van der Waals surface area contributed by atoms with Gasteiger partial charge >= 0.3 is 12.3 Å². The molecule has 0 radical (unpaired) electrons. The van der Waals surface area contributed by atoms with Gasteiger partial charge in [-0.3, -0.25) is 0 Å². The number of primary amides is 1. The number of benzene rings is 3. The third-order valence-electron chi connectivity index (χ3n) is 4.29. The molecule has 0 saturated heterocycles. The van der Waals surface area contributed by atoms with Crippen molar-refractivity contribution >= 4 is 17.1 Å². The molecular weight excluding hydrogens is 418 g/mol. The topological polar surface area (TPSA) is 90.2 Å². The quantitative estimate of drug-likeness (QED) is 0.410. The fraction of sp³-hybridized carbons (Fsp3) is 0.0476. The number of carbonyl (C=O) groups is 1. The predicted molar refractivity (Wildman–Crippen MR) is 103 cm³/mol. The van der Waals surface area contributed by atoms with Gasteiger partial charge in [0.15, 0.2) is 11.6 Å². The number of nitrogens with one attached hydrogen (secondary N) is 1. The molecule has 0 bridgehead atoms. The summed E-state index contributed by atoms with van der Waals surface area (Å²) in [6.07, 6.45) is -5.55. The number of halogens is 4. The lowest BCUT2D eigenvalue weighted by molar-refractivity contribution is -0.137. The van der Waals surface area contributed by atoms with Crippen LogP contribution in [0.2, 0.25) is 0 Å². The van der Waals surface area contributed by atoms with Gasteiger partial charge in [-0.1, -0.05) is 0 Å². The number of aromatic nitrogens is 2. The number of amides is 1. The molecule has 0 aliphatic rings. The minimum Gasteiger partial charge on any atom is -0.454 e. The van der Waals surface area contributed by atoms with Crippen LogP contribution < -0.4 is 15.2 Å². The SMILES string of the molecule is NC(=O)Oc1ccc2nc(-c3ccc(Oc4cc(C(F)(F)F)ccc4F)cc3)[nH]c2c1. The van der Waals surface area contributed by atoms with Gasteiger partial charge in [0, 0.05) is 11.6 Å². The zero-order chi connectivity index (χ0) is 22.2. The monoisotopic (exact) mass is 431 g/mol. The van der Waals surface area contributed by atoms with Crippen molar-refractivity contribution in [2.24, 2.45) is 5.73 Å². The Bertz CT molecular complexity index is 1270. The second kappa shape index (κ2) is 7.63. The number of hydrogen-bond donors (Lipinski definition) is 2. The normalized spacial score (nSPS) is 11.5. The van der Waals surface area contributed by atoms with Crippen molar-refractivity contribution in [2.75, 3.05) is 0 Å². The van der Waals surface area contributed by atoms with Crippen LogP contribution in [0.25, 0.3) is 22.4 Å². The molecule has 1 amide bonds. The molecule has 0 saturated carbocycles. The van der Waals surface area contributed by atoms with Crippen LogP contribution in [0.4, 0.5) is 22.4 Å². The fourth-order valence-corrected chi connectivity index (χ4v) is 2.87. The third kappa shape index (κ3) is 4.42. The Kier molecular flexibility index (Phi) is 4.97. The van der Waals surface area contributed by atoms with Crippen LogP contribution in [0.1, 0.15) is 5.56 Å². The van der Waals surface area contributed by atoms with Crippen LogP contribution in [0.3, 0.4) is 0 Å². The van der Waals surface area contributed by atoms with Gasteiger partial charge in [0.2, 0.25) is 0 Å². The van der Waals surface area contributed by atoms with E-state index in [1.54, 1.807) is 24.3 Å². The zero-order valence-corrected chi connectivity index (χ0v) is 15.5. The van der Waals surface area contributed by atoms with Crippen LogP contribution in [0.15, 0.2) is 60.7 Å². The number of aromatic amines is 1.